The summed E-state index contributed by atoms with van der Waals surface area (Å²) in [4.78, 5) is 20.3. The van der Waals surface area contributed by atoms with Gasteiger partial charge in [0.25, 0.3) is 0 Å². The van der Waals surface area contributed by atoms with Crippen molar-refractivity contribution < 1.29 is 9.53 Å². The number of primary amides is 1. The first-order valence-corrected chi connectivity index (χ1v) is 13.1. The highest BCUT2D eigenvalue weighted by atomic mass is 16.5. The minimum atomic E-state index is -0.351. The molecule has 0 bridgehead atoms. The van der Waals surface area contributed by atoms with Crippen LogP contribution in [-0.4, -0.2) is 20.4 Å². The van der Waals surface area contributed by atoms with Crippen molar-refractivity contribution in [2.24, 2.45) is 12.8 Å². The molecule has 0 aliphatic carbocycles. The molecule has 0 aliphatic heterocycles. The number of nitrogens with one attached hydrogen (secondary N) is 1. The third kappa shape index (κ3) is 9.22. The summed E-state index contributed by atoms with van der Waals surface area (Å²) >= 11 is 0. The number of aryl methyl sites for hydroxylation is 1. The number of aromatic nitrogens is 3. The van der Waals surface area contributed by atoms with Crippen LogP contribution < -0.4 is 15.8 Å². The van der Waals surface area contributed by atoms with E-state index in [2.05, 4.69) is 46.7 Å². The van der Waals surface area contributed by atoms with Gasteiger partial charge in [-0.3, -0.25) is 4.79 Å². The number of hydrogen-bond donors (Lipinski definition) is 2. The molecular formula is C33H38N6O2. The number of carbonyl (C=O) groups is 1. The number of allylic oxidation sites excluding steroid dienone is 9. The number of carbonyl (C=O) groups excluding carboxylic acids is 1. The van der Waals surface area contributed by atoms with E-state index in [1.54, 1.807) is 18.2 Å². The average molecular weight is 551 g/mol. The number of nitrogens with two attached hydrogens (primary N) is 1. The third-order valence-electron chi connectivity index (χ3n) is 6.02. The van der Waals surface area contributed by atoms with Gasteiger partial charge in [0, 0.05) is 25.4 Å². The zero-order valence-electron chi connectivity index (χ0n) is 24.4. The summed E-state index contributed by atoms with van der Waals surface area (Å²) in [6, 6.07) is 11.1. The molecule has 0 unspecified atom stereocenters. The van der Waals surface area contributed by atoms with E-state index in [4.69, 9.17) is 15.7 Å². The standard InChI is InChI=1S/C31H34N6O2.C2H4/c1-6-10-25(24(7-2)11-8-9-12-28(33)38)19-21(3)22(4)39-30-29-27(17-18-37(29)5)35-31(36-30)34-26-15-13-23(20-32)14-16-26;1-2/h6-10,13-19H,11-12H2,1-5H3,(H2,33,38)(H,34,35,36);1-2H2/b9-8-,10-6+,22-21+,24-7+,25-19+;. The van der Waals surface area contributed by atoms with Crippen LogP contribution in [-0.2, 0) is 11.8 Å². The van der Waals surface area contributed by atoms with Crippen LogP contribution in [0.2, 0.25) is 0 Å². The molecule has 0 spiro atoms. The minimum Gasteiger partial charge on any atom is -0.442 e. The Labute approximate surface area is 242 Å². The number of hydrogen-bond acceptors (Lipinski definition) is 6. The van der Waals surface area contributed by atoms with Crippen LogP contribution in [0.5, 0.6) is 5.88 Å². The number of anilines is 2. The van der Waals surface area contributed by atoms with Gasteiger partial charge in [-0.1, -0.05) is 30.4 Å². The Kier molecular flexibility index (Phi) is 12.6. The van der Waals surface area contributed by atoms with E-state index in [0.29, 0.717) is 29.6 Å². The van der Waals surface area contributed by atoms with Crippen molar-refractivity contribution in [1.82, 2.24) is 14.5 Å². The summed E-state index contributed by atoms with van der Waals surface area (Å²) in [5, 5.41) is 12.3. The van der Waals surface area contributed by atoms with Crippen molar-refractivity contribution in [1.29, 1.82) is 5.26 Å². The summed E-state index contributed by atoms with van der Waals surface area (Å²) in [6.07, 6.45) is 14.7. The highest BCUT2D eigenvalue weighted by Crippen LogP contribution is 2.29. The van der Waals surface area contributed by atoms with E-state index in [9.17, 15) is 4.79 Å². The molecule has 3 aromatic rings. The van der Waals surface area contributed by atoms with Gasteiger partial charge in [-0.15, -0.1) is 13.2 Å². The van der Waals surface area contributed by atoms with E-state index in [1.807, 2.05) is 81.9 Å². The van der Waals surface area contributed by atoms with Gasteiger partial charge in [-0.2, -0.15) is 10.2 Å². The lowest BCUT2D eigenvalue weighted by Gasteiger charge is -2.13. The van der Waals surface area contributed by atoms with E-state index < -0.39 is 0 Å². The Morgan fingerprint density at radius 2 is 1.80 bits per heavy atom. The van der Waals surface area contributed by atoms with Crippen molar-refractivity contribution in [3.63, 3.8) is 0 Å². The highest BCUT2D eigenvalue weighted by Gasteiger charge is 2.14. The van der Waals surface area contributed by atoms with Crippen molar-refractivity contribution in [2.75, 3.05) is 5.32 Å². The Morgan fingerprint density at radius 1 is 1.12 bits per heavy atom. The number of nitrogens with zero attached hydrogens (tertiary/aromatic N) is 4. The van der Waals surface area contributed by atoms with Gasteiger partial charge in [-0.25, -0.2) is 4.98 Å². The van der Waals surface area contributed by atoms with Crippen molar-refractivity contribution in [3.8, 4) is 11.9 Å². The summed E-state index contributed by atoms with van der Waals surface area (Å²) in [7, 11) is 1.92. The molecule has 1 amide bonds. The number of rotatable bonds is 11. The number of fused-ring (bicyclic) bond motifs is 1. The van der Waals surface area contributed by atoms with Gasteiger partial charge < -0.3 is 20.4 Å². The summed E-state index contributed by atoms with van der Waals surface area (Å²) in [5.74, 6) is 1.17. The zero-order chi connectivity index (χ0) is 30.4. The summed E-state index contributed by atoms with van der Waals surface area (Å²) in [5.41, 5.74) is 11.2. The van der Waals surface area contributed by atoms with Crippen LogP contribution in [0.15, 0.2) is 109 Å². The molecule has 8 nitrogen and oxygen atoms in total. The topological polar surface area (TPSA) is 119 Å². The molecule has 8 heteroatoms. The second-order valence-electron chi connectivity index (χ2n) is 8.93. The monoisotopic (exact) mass is 550 g/mol. The van der Waals surface area contributed by atoms with Gasteiger partial charge in [0.05, 0.1) is 17.1 Å². The largest absolute Gasteiger partial charge is 0.442 e. The Hall–Kier alpha value is -5.16. The Morgan fingerprint density at radius 3 is 2.41 bits per heavy atom. The minimum absolute atomic E-state index is 0.222. The van der Waals surface area contributed by atoms with E-state index >= 15 is 0 Å². The van der Waals surface area contributed by atoms with Crippen LogP contribution in [0.1, 0.15) is 46.1 Å². The first-order chi connectivity index (χ1) is 19.7. The number of benzene rings is 1. The van der Waals surface area contributed by atoms with Crippen LogP contribution in [0.3, 0.4) is 0 Å². The molecule has 1 aromatic carbocycles. The quantitative estimate of drug-likeness (QED) is 0.147. The molecule has 2 aromatic heterocycles. The molecule has 212 valence electrons. The second kappa shape index (κ2) is 16.1. The lowest BCUT2D eigenvalue weighted by Crippen LogP contribution is -2.07. The maximum Gasteiger partial charge on any atom is 0.248 e. The van der Waals surface area contributed by atoms with Gasteiger partial charge >= 0.3 is 0 Å². The molecule has 2 heterocycles. The SMILES string of the molecule is C/C=C/C(=C\C(C)=C(/C)Oc1nc(Nc2ccc(C#N)cc2)nc2ccn(C)c12)C(=C/C)/C/C=C\CC(N)=O.C=C. The van der Waals surface area contributed by atoms with Crippen molar-refractivity contribution in [3.05, 3.63) is 114 Å². The predicted octanol–water partition coefficient (Wildman–Crippen LogP) is 7.33. The van der Waals surface area contributed by atoms with E-state index in [-0.39, 0.29) is 12.3 Å². The van der Waals surface area contributed by atoms with Gasteiger partial charge in [0.2, 0.25) is 17.7 Å². The Balaban J connectivity index is 0.00000287. The first-order valence-electron chi connectivity index (χ1n) is 13.1. The molecule has 0 saturated carbocycles. The highest BCUT2D eigenvalue weighted by molar-refractivity contribution is 5.82. The normalized spacial score (nSPS) is 12.6. The number of amides is 1. The third-order valence-corrected chi connectivity index (χ3v) is 6.02. The van der Waals surface area contributed by atoms with Crippen LogP contribution in [0.4, 0.5) is 11.6 Å². The molecule has 41 heavy (non-hydrogen) atoms. The fourth-order valence-corrected chi connectivity index (χ4v) is 3.84. The molecule has 0 atom stereocenters. The lowest BCUT2D eigenvalue weighted by molar-refractivity contribution is -0.117. The van der Waals surface area contributed by atoms with Gasteiger partial charge in [-0.05, 0) is 87.2 Å². The molecule has 0 saturated heterocycles. The van der Waals surface area contributed by atoms with E-state index in [0.717, 1.165) is 33.4 Å². The summed E-state index contributed by atoms with van der Waals surface area (Å²) in [6.45, 7) is 13.9. The summed E-state index contributed by atoms with van der Waals surface area (Å²) < 4.78 is 8.26. The van der Waals surface area contributed by atoms with E-state index in [1.165, 1.54) is 0 Å². The van der Waals surface area contributed by atoms with Crippen LogP contribution in [0.25, 0.3) is 11.0 Å². The number of ether oxygens (including phenoxy) is 1. The zero-order valence-corrected chi connectivity index (χ0v) is 24.4. The predicted molar refractivity (Wildman–Crippen MR) is 167 cm³/mol. The molecule has 3 rings (SSSR count). The fraction of sp³-hybridized carbons (Fsp3) is 0.212. The molecule has 0 radical (unpaired) electrons. The smallest absolute Gasteiger partial charge is 0.248 e. The lowest BCUT2D eigenvalue weighted by atomic mass is 9.99. The van der Waals surface area contributed by atoms with Gasteiger partial charge in [0.1, 0.15) is 11.3 Å². The first kappa shape index (κ1) is 32.1. The Bertz CT molecular complexity index is 1550. The van der Waals surface area contributed by atoms with Crippen molar-refractivity contribution in [2.45, 2.75) is 40.5 Å². The van der Waals surface area contributed by atoms with Crippen molar-refractivity contribution >= 4 is 28.6 Å². The molecule has 3 N–H and O–H groups in total. The maximum absolute atomic E-state index is 11.0. The molecule has 0 fully saturated rings. The second-order valence-corrected chi connectivity index (χ2v) is 8.93. The van der Waals surface area contributed by atoms with Crippen LogP contribution >= 0.6 is 0 Å². The average Bonchev–Trinajstić information content (AvgIpc) is 3.34. The van der Waals surface area contributed by atoms with Crippen LogP contribution in [0, 0.1) is 11.3 Å². The fourth-order valence-electron chi connectivity index (χ4n) is 3.84. The maximum atomic E-state index is 11.0. The number of nitriles is 1. The van der Waals surface area contributed by atoms with Gasteiger partial charge in [0.15, 0.2) is 0 Å². The molecule has 0 aliphatic rings. The molecular weight excluding hydrogens is 512 g/mol.